The Hall–Kier alpha value is 0.180. The summed E-state index contributed by atoms with van der Waals surface area (Å²) in [4.78, 5) is 0. The summed E-state index contributed by atoms with van der Waals surface area (Å²) in [5, 5.41) is 3.02. The molecule has 0 aliphatic carbocycles. The highest BCUT2D eigenvalue weighted by atomic mass is 35.5. The third-order valence-electron chi connectivity index (χ3n) is 3.59. The minimum absolute atomic E-state index is 0.0193. The molecular formula is C12H23ClFN. The summed E-state index contributed by atoms with van der Waals surface area (Å²) in [5.74, 6) is 0.349. The van der Waals surface area contributed by atoms with Gasteiger partial charge in [0.1, 0.15) is 5.67 Å². The monoisotopic (exact) mass is 235 g/mol. The maximum absolute atomic E-state index is 14.7. The fourth-order valence-electron chi connectivity index (χ4n) is 2.97. The van der Waals surface area contributed by atoms with Gasteiger partial charge in [0.2, 0.25) is 0 Å². The summed E-state index contributed by atoms with van der Waals surface area (Å²) in [5.41, 5.74) is -1.09. The molecule has 1 aliphatic heterocycles. The second-order valence-corrected chi connectivity index (χ2v) is 5.62. The summed E-state index contributed by atoms with van der Waals surface area (Å²) in [6.07, 6.45) is 2.78. The van der Waals surface area contributed by atoms with E-state index in [9.17, 15) is 4.39 Å². The van der Waals surface area contributed by atoms with Crippen LogP contribution in [-0.4, -0.2) is 24.1 Å². The second-order valence-electron chi connectivity index (χ2n) is 4.93. The Morgan fingerprint density at radius 3 is 2.53 bits per heavy atom. The lowest BCUT2D eigenvalue weighted by Gasteiger charge is -2.36. The Morgan fingerprint density at radius 1 is 1.47 bits per heavy atom. The second kappa shape index (κ2) is 5.49. The van der Waals surface area contributed by atoms with Crippen LogP contribution in [0.3, 0.4) is 0 Å². The predicted molar refractivity (Wildman–Crippen MR) is 64.2 cm³/mol. The molecule has 0 saturated carbocycles. The van der Waals surface area contributed by atoms with E-state index < -0.39 is 5.67 Å². The molecule has 0 aromatic rings. The molecular weight excluding hydrogens is 213 g/mol. The van der Waals surface area contributed by atoms with E-state index in [1.54, 1.807) is 0 Å². The summed E-state index contributed by atoms with van der Waals surface area (Å²) in [6.45, 7) is 7.47. The van der Waals surface area contributed by atoms with Gasteiger partial charge in [-0.25, -0.2) is 4.39 Å². The van der Waals surface area contributed by atoms with Crippen molar-refractivity contribution in [2.75, 3.05) is 13.1 Å². The normalized spacial score (nSPS) is 32.6. The maximum Gasteiger partial charge on any atom is 0.129 e. The van der Waals surface area contributed by atoms with Gasteiger partial charge in [0, 0.05) is 17.8 Å². The number of rotatable bonds is 5. The van der Waals surface area contributed by atoms with Crippen molar-refractivity contribution >= 4 is 11.6 Å². The van der Waals surface area contributed by atoms with Crippen molar-refractivity contribution in [2.24, 2.45) is 11.8 Å². The highest BCUT2D eigenvalue weighted by Gasteiger charge is 2.45. The first kappa shape index (κ1) is 13.2. The van der Waals surface area contributed by atoms with E-state index in [0.717, 1.165) is 19.4 Å². The summed E-state index contributed by atoms with van der Waals surface area (Å²) in [6, 6.07) is 0. The maximum atomic E-state index is 14.7. The van der Waals surface area contributed by atoms with Gasteiger partial charge >= 0.3 is 0 Å². The van der Waals surface area contributed by atoms with Crippen LogP contribution in [0.15, 0.2) is 0 Å². The molecule has 90 valence electrons. The van der Waals surface area contributed by atoms with Gasteiger partial charge in [0.15, 0.2) is 0 Å². The molecule has 15 heavy (non-hydrogen) atoms. The summed E-state index contributed by atoms with van der Waals surface area (Å²) >= 11 is 6.18. The predicted octanol–water partition coefficient (Wildman–Crippen LogP) is 3.37. The van der Waals surface area contributed by atoms with E-state index in [-0.39, 0.29) is 11.3 Å². The zero-order chi connectivity index (χ0) is 11.5. The van der Waals surface area contributed by atoms with Crippen molar-refractivity contribution in [1.29, 1.82) is 0 Å². The lowest BCUT2D eigenvalue weighted by molar-refractivity contribution is 0.0628. The van der Waals surface area contributed by atoms with Gasteiger partial charge in [-0.3, -0.25) is 0 Å². The Kier molecular flexibility index (Phi) is 4.85. The Labute approximate surface area is 97.8 Å². The Balaban J connectivity index is 2.72. The van der Waals surface area contributed by atoms with Gasteiger partial charge in [-0.05, 0) is 25.8 Å². The topological polar surface area (TPSA) is 12.0 Å². The van der Waals surface area contributed by atoms with Crippen LogP contribution in [0.1, 0.15) is 40.0 Å². The van der Waals surface area contributed by atoms with E-state index in [2.05, 4.69) is 19.2 Å². The number of hydrogen-bond acceptors (Lipinski definition) is 1. The summed E-state index contributed by atoms with van der Waals surface area (Å²) < 4.78 is 14.7. The minimum Gasteiger partial charge on any atom is -0.313 e. The smallest absolute Gasteiger partial charge is 0.129 e. The van der Waals surface area contributed by atoms with Crippen molar-refractivity contribution in [3.05, 3.63) is 0 Å². The van der Waals surface area contributed by atoms with E-state index in [0.29, 0.717) is 18.9 Å². The molecule has 3 heteroatoms. The van der Waals surface area contributed by atoms with Gasteiger partial charge in [0.05, 0.1) is 0 Å². The molecule has 0 radical (unpaired) electrons. The van der Waals surface area contributed by atoms with E-state index in [1.807, 2.05) is 6.92 Å². The molecule has 1 saturated heterocycles. The Morgan fingerprint density at radius 2 is 2.13 bits per heavy atom. The number of alkyl halides is 2. The van der Waals surface area contributed by atoms with Crippen LogP contribution in [0, 0.1) is 11.8 Å². The molecule has 0 bridgehead atoms. The molecule has 0 aromatic carbocycles. The SMILES string of the molecule is CCCC(C)C(C(C)Cl)C1(F)CCNC1. The first-order valence-electron chi connectivity index (χ1n) is 6.05. The first-order chi connectivity index (χ1) is 7.01. The van der Waals surface area contributed by atoms with Gasteiger partial charge in [-0.1, -0.05) is 26.7 Å². The lowest BCUT2D eigenvalue weighted by Crippen LogP contribution is -2.43. The largest absolute Gasteiger partial charge is 0.313 e. The number of hydrogen-bond donors (Lipinski definition) is 1. The van der Waals surface area contributed by atoms with Crippen LogP contribution in [-0.2, 0) is 0 Å². The molecule has 1 N–H and O–H groups in total. The highest BCUT2D eigenvalue weighted by molar-refractivity contribution is 6.20. The van der Waals surface area contributed by atoms with Gasteiger partial charge in [-0.2, -0.15) is 0 Å². The van der Waals surface area contributed by atoms with E-state index >= 15 is 0 Å². The molecule has 0 amide bonds. The standard InChI is InChI=1S/C12H23ClFN/c1-4-5-9(2)11(10(3)13)12(14)6-7-15-8-12/h9-11,15H,4-8H2,1-3H3. The fraction of sp³-hybridized carbons (Fsp3) is 1.00. The molecule has 0 spiro atoms. The molecule has 1 nitrogen and oxygen atoms in total. The zero-order valence-corrected chi connectivity index (χ0v) is 10.8. The fourth-order valence-corrected chi connectivity index (χ4v) is 3.45. The number of nitrogens with one attached hydrogen (secondary N) is 1. The Bertz CT molecular complexity index is 190. The summed E-state index contributed by atoms with van der Waals surface area (Å²) in [7, 11) is 0. The van der Waals surface area contributed by atoms with Gasteiger partial charge in [-0.15, -0.1) is 11.6 Å². The van der Waals surface area contributed by atoms with Crippen LogP contribution < -0.4 is 5.32 Å². The van der Waals surface area contributed by atoms with E-state index in [1.165, 1.54) is 0 Å². The highest BCUT2D eigenvalue weighted by Crippen LogP contribution is 2.39. The molecule has 4 unspecified atom stereocenters. The molecule has 1 aliphatic rings. The van der Waals surface area contributed by atoms with Crippen LogP contribution in [0.5, 0.6) is 0 Å². The number of halogens is 2. The average molecular weight is 236 g/mol. The van der Waals surface area contributed by atoms with Crippen molar-refractivity contribution < 1.29 is 4.39 Å². The zero-order valence-electron chi connectivity index (χ0n) is 10.0. The van der Waals surface area contributed by atoms with Gasteiger partial charge in [0.25, 0.3) is 0 Å². The minimum atomic E-state index is -1.09. The van der Waals surface area contributed by atoms with Crippen molar-refractivity contribution in [2.45, 2.75) is 51.1 Å². The van der Waals surface area contributed by atoms with Gasteiger partial charge < -0.3 is 5.32 Å². The molecule has 0 aromatic heterocycles. The quantitative estimate of drug-likeness (QED) is 0.721. The van der Waals surface area contributed by atoms with Crippen LogP contribution in [0.25, 0.3) is 0 Å². The third-order valence-corrected chi connectivity index (χ3v) is 3.86. The van der Waals surface area contributed by atoms with Crippen molar-refractivity contribution in [3.63, 3.8) is 0 Å². The van der Waals surface area contributed by atoms with Crippen molar-refractivity contribution in [1.82, 2.24) is 5.32 Å². The lowest BCUT2D eigenvalue weighted by atomic mass is 9.76. The van der Waals surface area contributed by atoms with Crippen LogP contribution in [0.2, 0.25) is 0 Å². The molecule has 4 atom stereocenters. The first-order valence-corrected chi connectivity index (χ1v) is 6.48. The molecule has 1 rings (SSSR count). The average Bonchev–Trinajstić information content (AvgIpc) is 2.52. The van der Waals surface area contributed by atoms with Crippen LogP contribution in [0.4, 0.5) is 4.39 Å². The van der Waals surface area contributed by atoms with Crippen LogP contribution >= 0.6 is 11.6 Å². The third kappa shape index (κ3) is 3.07. The molecule has 1 heterocycles. The van der Waals surface area contributed by atoms with E-state index in [4.69, 9.17) is 11.6 Å². The molecule has 1 fully saturated rings. The van der Waals surface area contributed by atoms with Crippen molar-refractivity contribution in [3.8, 4) is 0 Å².